The van der Waals surface area contributed by atoms with Crippen molar-refractivity contribution in [2.45, 2.75) is 39.5 Å². The second-order valence-corrected chi connectivity index (χ2v) is 3.99. The second kappa shape index (κ2) is 10.0. The van der Waals surface area contributed by atoms with Crippen LogP contribution >= 0.6 is 0 Å². The maximum Gasteiger partial charge on any atom is 0.0462 e. The van der Waals surface area contributed by atoms with Gasteiger partial charge in [0.15, 0.2) is 0 Å². The maximum absolute atomic E-state index is 4.98. The molecule has 0 saturated carbocycles. The molecule has 0 unspecified atom stereocenters. The van der Waals surface area contributed by atoms with E-state index in [0.29, 0.717) is 0 Å². The molecule has 0 amide bonds. The Hall–Kier alpha value is -0.0800. The number of hydrogen-bond donors (Lipinski definition) is 1. The number of ether oxygens (including phenoxy) is 1. The van der Waals surface area contributed by atoms with Crippen molar-refractivity contribution in [2.75, 3.05) is 26.8 Å². The van der Waals surface area contributed by atoms with Crippen LogP contribution in [0.3, 0.4) is 0 Å². The van der Waals surface area contributed by atoms with E-state index in [1.54, 1.807) is 7.11 Å². The zero-order valence-electron chi connectivity index (χ0n) is 9.44. The topological polar surface area (TPSA) is 21.3 Å². The number of rotatable bonds is 9. The van der Waals surface area contributed by atoms with Crippen LogP contribution < -0.4 is 5.32 Å². The first-order valence-corrected chi connectivity index (χ1v) is 5.47. The SMILES string of the molecule is COCCCCCNCCC(C)C. The van der Waals surface area contributed by atoms with Gasteiger partial charge in [0.25, 0.3) is 0 Å². The minimum atomic E-state index is 0.820. The van der Waals surface area contributed by atoms with Crippen molar-refractivity contribution in [3.05, 3.63) is 0 Å². The first-order chi connectivity index (χ1) is 6.27. The second-order valence-electron chi connectivity index (χ2n) is 3.99. The molecule has 0 aromatic rings. The minimum Gasteiger partial charge on any atom is -0.385 e. The molecular formula is C11H25NO. The van der Waals surface area contributed by atoms with Crippen molar-refractivity contribution in [1.82, 2.24) is 5.32 Å². The Labute approximate surface area is 83.1 Å². The molecule has 0 aromatic heterocycles. The molecule has 0 radical (unpaired) electrons. The van der Waals surface area contributed by atoms with E-state index in [1.165, 1.54) is 32.2 Å². The van der Waals surface area contributed by atoms with Gasteiger partial charge in [-0.1, -0.05) is 13.8 Å². The van der Waals surface area contributed by atoms with E-state index in [4.69, 9.17) is 4.74 Å². The first-order valence-electron chi connectivity index (χ1n) is 5.47. The molecule has 0 saturated heterocycles. The van der Waals surface area contributed by atoms with Crippen LogP contribution in [-0.2, 0) is 4.74 Å². The Bertz CT molecular complexity index is 94.1. The van der Waals surface area contributed by atoms with Gasteiger partial charge >= 0.3 is 0 Å². The molecule has 0 aliphatic heterocycles. The summed E-state index contributed by atoms with van der Waals surface area (Å²) in [6.07, 6.45) is 5.05. The van der Waals surface area contributed by atoms with Crippen LogP contribution in [0.2, 0.25) is 0 Å². The van der Waals surface area contributed by atoms with E-state index in [9.17, 15) is 0 Å². The largest absolute Gasteiger partial charge is 0.385 e. The van der Waals surface area contributed by atoms with Crippen LogP contribution in [0.15, 0.2) is 0 Å². The van der Waals surface area contributed by atoms with Gasteiger partial charge in [0.1, 0.15) is 0 Å². The third-order valence-corrected chi connectivity index (χ3v) is 2.10. The van der Waals surface area contributed by atoms with Crippen LogP contribution in [0.25, 0.3) is 0 Å². The Morgan fingerprint density at radius 3 is 2.46 bits per heavy atom. The summed E-state index contributed by atoms with van der Waals surface area (Å²) in [6.45, 7) is 7.77. The van der Waals surface area contributed by atoms with Gasteiger partial charge in [-0.3, -0.25) is 0 Å². The quantitative estimate of drug-likeness (QED) is 0.560. The first kappa shape index (κ1) is 12.9. The molecule has 0 bridgehead atoms. The normalized spacial score (nSPS) is 11.1. The van der Waals surface area contributed by atoms with Crippen LogP contribution in [0.5, 0.6) is 0 Å². The van der Waals surface area contributed by atoms with Crippen molar-refractivity contribution in [3.8, 4) is 0 Å². The molecule has 0 aromatic carbocycles. The van der Waals surface area contributed by atoms with Gasteiger partial charge < -0.3 is 10.1 Å². The van der Waals surface area contributed by atoms with Gasteiger partial charge in [0, 0.05) is 13.7 Å². The molecule has 0 atom stereocenters. The lowest BCUT2D eigenvalue weighted by Gasteiger charge is -2.06. The molecule has 1 N–H and O–H groups in total. The molecule has 0 aliphatic rings. The summed E-state index contributed by atoms with van der Waals surface area (Å²) in [6, 6.07) is 0. The van der Waals surface area contributed by atoms with Crippen LogP contribution in [-0.4, -0.2) is 26.8 Å². The fraction of sp³-hybridized carbons (Fsp3) is 1.00. The fourth-order valence-corrected chi connectivity index (χ4v) is 1.19. The van der Waals surface area contributed by atoms with E-state index in [1.807, 2.05) is 0 Å². The van der Waals surface area contributed by atoms with E-state index >= 15 is 0 Å². The minimum absolute atomic E-state index is 0.820. The van der Waals surface area contributed by atoms with Crippen molar-refractivity contribution >= 4 is 0 Å². The smallest absolute Gasteiger partial charge is 0.0462 e. The summed E-state index contributed by atoms with van der Waals surface area (Å²) in [5.74, 6) is 0.820. The predicted octanol–water partition coefficient (Wildman–Crippen LogP) is 2.44. The van der Waals surface area contributed by atoms with Crippen LogP contribution in [0.4, 0.5) is 0 Å². The number of methoxy groups -OCH3 is 1. The monoisotopic (exact) mass is 187 g/mol. The Balaban J connectivity index is 2.84. The zero-order valence-corrected chi connectivity index (χ0v) is 9.44. The summed E-state index contributed by atoms with van der Waals surface area (Å²) in [5, 5.41) is 3.45. The molecule has 0 spiro atoms. The van der Waals surface area contributed by atoms with E-state index < -0.39 is 0 Å². The Kier molecular flexibility index (Phi) is 9.94. The number of hydrogen-bond acceptors (Lipinski definition) is 2. The van der Waals surface area contributed by atoms with Gasteiger partial charge in [-0.05, 0) is 44.7 Å². The third-order valence-electron chi connectivity index (χ3n) is 2.10. The van der Waals surface area contributed by atoms with Gasteiger partial charge in [0.05, 0.1) is 0 Å². The van der Waals surface area contributed by atoms with Gasteiger partial charge in [-0.25, -0.2) is 0 Å². The molecule has 13 heavy (non-hydrogen) atoms. The maximum atomic E-state index is 4.98. The summed E-state index contributed by atoms with van der Waals surface area (Å²) >= 11 is 0. The highest BCUT2D eigenvalue weighted by atomic mass is 16.5. The van der Waals surface area contributed by atoms with Crippen molar-refractivity contribution in [2.24, 2.45) is 5.92 Å². The third kappa shape index (κ3) is 11.9. The highest BCUT2D eigenvalue weighted by Gasteiger charge is 1.93. The van der Waals surface area contributed by atoms with E-state index in [2.05, 4.69) is 19.2 Å². The Morgan fingerprint density at radius 1 is 1.08 bits per heavy atom. The van der Waals surface area contributed by atoms with Crippen molar-refractivity contribution in [3.63, 3.8) is 0 Å². The zero-order chi connectivity index (χ0) is 9.94. The van der Waals surface area contributed by atoms with Gasteiger partial charge in [0.2, 0.25) is 0 Å². The molecule has 2 nitrogen and oxygen atoms in total. The average Bonchev–Trinajstić information content (AvgIpc) is 2.09. The molecule has 0 aliphatic carbocycles. The fourth-order valence-electron chi connectivity index (χ4n) is 1.19. The molecule has 0 rings (SSSR count). The lowest BCUT2D eigenvalue weighted by Crippen LogP contribution is -2.18. The molecule has 0 heterocycles. The van der Waals surface area contributed by atoms with Crippen molar-refractivity contribution in [1.29, 1.82) is 0 Å². The number of unbranched alkanes of at least 4 members (excludes halogenated alkanes) is 2. The predicted molar refractivity (Wildman–Crippen MR) is 58.1 cm³/mol. The molecule has 80 valence electrons. The highest BCUT2D eigenvalue weighted by molar-refractivity contribution is 4.51. The van der Waals surface area contributed by atoms with E-state index in [-0.39, 0.29) is 0 Å². The van der Waals surface area contributed by atoms with Crippen LogP contribution in [0, 0.1) is 5.92 Å². The summed E-state index contributed by atoms with van der Waals surface area (Å²) in [7, 11) is 1.76. The number of nitrogens with one attached hydrogen (secondary N) is 1. The van der Waals surface area contributed by atoms with Crippen LogP contribution in [0.1, 0.15) is 39.5 Å². The van der Waals surface area contributed by atoms with Crippen molar-refractivity contribution < 1.29 is 4.74 Å². The van der Waals surface area contributed by atoms with Gasteiger partial charge in [-0.2, -0.15) is 0 Å². The lowest BCUT2D eigenvalue weighted by molar-refractivity contribution is 0.192. The molecule has 2 heteroatoms. The van der Waals surface area contributed by atoms with Gasteiger partial charge in [-0.15, -0.1) is 0 Å². The highest BCUT2D eigenvalue weighted by Crippen LogP contribution is 1.97. The van der Waals surface area contributed by atoms with E-state index in [0.717, 1.165) is 19.1 Å². The molecule has 0 fully saturated rings. The Morgan fingerprint density at radius 2 is 1.85 bits per heavy atom. The lowest BCUT2D eigenvalue weighted by atomic mass is 10.1. The standard InChI is InChI=1S/C11H25NO/c1-11(2)7-9-12-8-5-4-6-10-13-3/h11-12H,4-10H2,1-3H3. The summed E-state index contributed by atoms with van der Waals surface area (Å²) < 4.78 is 4.98. The molecular weight excluding hydrogens is 162 g/mol. The summed E-state index contributed by atoms with van der Waals surface area (Å²) in [5.41, 5.74) is 0. The summed E-state index contributed by atoms with van der Waals surface area (Å²) in [4.78, 5) is 0. The average molecular weight is 187 g/mol.